The molecule has 4 aliphatic rings. The first-order valence-electron chi connectivity index (χ1n) is 9.45. The number of hydrogen-bond donors (Lipinski definition) is 4. The number of aliphatic hydroxyl groups excluding tert-OH is 1. The number of amides is 2. The van der Waals surface area contributed by atoms with Gasteiger partial charge in [0.05, 0.1) is 18.1 Å². The molecule has 0 aromatic carbocycles. The van der Waals surface area contributed by atoms with Crippen LogP contribution in [0.4, 0.5) is 0 Å². The van der Waals surface area contributed by atoms with Gasteiger partial charge in [0.25, 0.3) is 0 Å². The van der Waals surface area contributed by atoms with Crippen molar-refractivity contribution in [2.75, 3.05) is 13.1 Å². The number of hydrogen-bond acceptors (Lipinski definition) is 6. The maximum Gasteiger partial charge on any atom is 0.353 e. The Hall–Kier alpha value is -1.58. The van der Waals surface area contributed by atoms with Crippen LogP contribution in [0, 0.1) is 17.8 Å². The molecule has 0 aliphatic carbocycles. The lowest BCUT2D eigenvalue weighted by molar-refractivity contribution is -0.163. The zero-order chi connectivity index (χ0) is 19.5. The fourth-order valence-corrected chi connectivity index (χ4v) is 6.45. The third kappa shape index (κ3) is 2.96. The highest BCUT2D eigenvalue weighted by atomic mass is 32.2. The molecule has 148 valence electrons. The summed E-state index contributed by atoms with van der Waals surface area (Å²) in [6.07, 6.45) is 0.617. The van der Waals surface area contributed by atoms with E-state index in [-0.39, 0.29) is 46.7 Å². The van der Waals surface area contributed by atoms with Crippen LogP contribution in [0.15, 0.2) is 10.6 Å². The predicted molar refractivity (Wildman–Crippen MR) is 98.5 cm³/mol. The third-order valence-corrected chi connectivity index (χ3v) is 7.82. The molecule has 0 bridgehead atoms. The monoisotopic (exact) mass is 395 g/mol. The molecule has 27 heavy (non-hydrogen) atoms. The highest BCUT2D eigenvalue weighted by molar-refractivity contribution is 8.03. The minimum atomic E-state index is -1.09. The quantitative estimate of drug-likeness (QED) is 0.474. The average molecular weight is 395 g/mol. The van der Waals surface area contributed by atoms with Gasteiger partial charge in [-0.2, -0.15) is 0 Å². The Morgan fingerprint density at radius 2 is 2.07 bits per heavy atom. The molecule has 0 aromatic heterocycles. The van der Waals surface area contributed by atoms with E-state index in [1.807, 2.05) is 6.92 Å². The van der Waals surface area contributed by atoms with Crippen molar-refractivity contribution < 1.29 is 24.6 Å². The molecule has 0 radical (unpaired) electrons. The molecule has 4 rings (SSSR count). The van der Waals surface area contributed by atoms with Crippen LogP contribution in [0.5, 0.6) is 0 Å². The Bertz CT molecular complexity index is 724. The lowest BCUT2D eigenvalue weighted by Gasteiger charge is -2.46. The van der Waals surface area contributed by atoms with Crippen molar-refractivity contribution in [2.45, 2.75) is 50.1 Å². The second-order valence-electron chi connectivity index (χ2n) is 8.03. The lowest BCUT2D eigenvalue weighted by Crippen LogP contribution is -2.63. The molecule has 0 aromatic rings. The van der Waals surface area contributed by atoms with E-state index in [9.17, 15) is 24.6 Å². The molecule has 4 aliphatic heterocycles. The van der Waals surface area contributed by atoms with Crippen LogP contribution in [0.1, 0.15) is 26.7 Å². The summed E-state index contributed by atoms with van der Waals surface area (Å²) >= 11 is 1.54. The number of rotatable bonds is 5. The first kappa shape index (κ1) is 18.8. The van der Waals surface area contributed by atoms with E-state index < -0.39 is 18.0 Å². The van der Waals surface area contributed by atoms with Gasteiger partial charge in [-0.15, -0.1) is 11.8 Å². The lowest BCUT2D eigenvalue weighted by atomic mass is 9.79. The molecule has 9 heteroatoms. The second kappa shape index (κ2) is 6.79. The molecule has 2 amide bonds. The summed E-state index contributed by atoms with van der Waals surface area (Å²) in [5, 5.41) is 26.2. The van der Waals surface area contributed by atoms with E-state index in [4.69, 9.17) is 0 Å². The maximum absolute atomic E-state index is 12.4. The summed E-state index contributed by atoms with van der Waals surface area (Å²) in [7, 11) is 0. The molecule has 4 heterocycles. The van der Waals surface area contributed by atoms with Gasteiger partial charge in [-0.25, -0.2) is 4.79 Å². The van der Waals surface area contributed by atoms with Crippen LogP contribution in [0.2, 0.25) is 0 Å². The smallest absolute Gasteiger partial charge is 0.353 e. The minimum Gasteiger partial charge on any atom is -0.477 e. The van der Waals surface area contributed by atoms with Crippen molar-refractivity contribution in [2.24, 2.45) is 17.8 Å². The van der Waals surface area contributed by atoms with Crippen molar-refractivity contribution in [1.82, 2.24) is 15.5 Å². The Balaban J connectivity index is 1.49. The van der Waals surface area contributed by atoms with Crippen molar-refractivity contribution in [3.05, 3.63) is 10.6 Å². The third-order valence-electron chi connectivity index (χ3n) is 6.31. The summed E-state index contributed by atoms with van der Waals surface area (Å²) in [6.45, 7) is 4.97. The molecule has 4 N–H and O–H groups in total. The topological polar surface area (TPSA) is 119 Å². The van der Waals surface area contributed by atoms with Gasteiger partial charge < -0.3 is 25.7 Å². The molecule has 8 nitrogen and oxygen atoms in total. The number of aliphatic carboxylic acids is 1. The number of carbonyl (C=O) groups excluding carboxylic acids is 2. The highest BCUT2D eigenvalue weighted by Crippen LogP contribution is 2.52. The first-order chi connectivity index (χ1) is 12.8. The number of nitrogens with one attached hydrogen (secondary N) is 2. The fraction of sp³-hybridized carbons (Fsp3) is 0.722. The van der Waals surface area contributed by atoms with Crippen molar-refractivity contribution in [3.63, 3.8) is 0 Å². The van der Waals surface area contributed by atoms with Gasteiger partial charge in [0.2, 0.25) is 11.8 Å². The molecular formula is C18H25N3O5S. The standard InChI is InChI=1S/C18H25N3O5S/c1-7-14-13(8(2)22)17(24)21(14)15(18(25)26)16(7)27-10-4-11(19-6-10)9-3-12(23)20-5-9/h7-11,13-14,19,22H,3-6H2,1-2H3,(H,20,23)(H,25,26)/t7-,8-,9?,10+,11-,13-,14-/m1/s1. The number of carboxylic acids is 1. The number of fused-ring (bicyclic) bond motifs is 1. The van der Waals surface area contributed by atoms with Crippen LogP contribution in [-0.4, -0.2) is 69.4 Å². The Labute approximate surface area is 161 Å². The van der Waals surface area contributed by atoms with Gasteiger partial charge in [-0.05, 0) is 13.3 Å². The summed E-state index contributed by atoms with van der Waals surface area (Å²) in [5.41, 5.74) is 0.0839. The molecule has 3 saturated heterocycles. The number of aliphatic hydroxyl groups is 1. The number of thioether (sulfide) groups is 1. The Morgan fingerprint density at radius 1 is 1.33 bits per heavy atom. The summed E-state index contributed by atoms with van der Waals surface area (Å²) in [6, 6.07) is -0.0242. The van der Waals surface area contributed by atoms with Crippen molar-refractivity contribution >= 4 is 29.5 Å². The number of carboxylic acid groups (broad SMARTS) is 1. The summed E-state index contributed by atoms with van der Waals surface area (Å²) < 4.78 is 0. The average Bonchev–Trinajstić information content (AvgIpc) is 3.27. The molecule has 1 unspecified atom stereocenters. The molecular weight excluding hydrogens is 370 g/mol. The Morgan fingerprint density at radius 3 is 2.67 bits per heavy atom. The van der Waals surface area contributed by atoms with E-state index >= 15 is 0 Å². The summed E-state index contributed by atoms with van der Waals surface area (Å²) in [5.74, 6) is -1.65. The van der Waals surface area contributed by atoms with E-state index in [1.54, 1.807) is 18.7 Å². The SMILES string of the molecule is C[C@@H](O)[C@H]1C(=O)N2C(C(=O)O)=C(S[C@@H]3CN[C@@H](C4CNC(=O)C4)C3)[C@H](C)[C@H]12. The number of carbonyl (C=O) groups is 3. The van der Waals surface area contributed by atoms with E-state index in [1.165, 1.54) is 4.90 Å². The van der Waals surface area contributed by atoms with Gasteiger partial charge in [-0.3, -0.25) is 9.59 Å². The predicted octanol–water partition coefficient (Wildman–Crippen LogP) is -0.260. The largest absolute Gasteiger partial charge is 0.477 e. The highest BCUT2D eigenvalue weighted by Gasteiger charge is 2.60. The van der Waals surface area contributed by atoms with Gasteiger partial charge >= 0.3 is 5.97 Å². The van der Waals surface area contributed by atoms with E-state index in [2.05, 4.69) is 10.6 Å². The maximum atomic E-state index is 12.4. The van der Waals surface area contributed by atoms with Crippen LogP contribution >= 0.6 is 11.8 Å². The van der Waals surface area contributed by atoms with Gasteiger partial charge in [-0.1, -0.05) is 6.92 Å². The van der Waals surface area contributed by atoms with Crippen LogP contribution in [-0.2, 0) is 14.4 Å². The van der Waals surface area contributed by atoms with E-state index in [0.717, 1.165) is 17.9 Å². The molecule has 0 saturated carbocycles. The Kier molecular flexibility index (Phi) is 4.72. The van der Waals surface area contributed by atoms with Gasteiger partial charge in [0.15, 0.2) is 0 Å². The first-order valence-corrected chi connectivity index (χ1v) is 10.3. The van der Waals surface area contributed by atoms with Gasteiger partial charge in [0, 0.05) is 47.5 Å². The zero-order valence-electron chi connectivity index (χ0n) is 15.3. The fourth-order valence-electron chi connectivity index (χ4n) is 4.95. The summed E-state index contributed by atoms with van der Waals surface area (Å²) in [4.78, 5) is 37.8. The van der Waals surface area contributed by atoms with E-state index in [0.29, 0.717) is 13.0 Å². The van der Waals surface area contributed by atoms with Crippen LogP contribution in [0.25, 0.3) is 0 Å². The normalized spacial score (nSPS) is 39.4. The zero-order valence-corrected chi connectivity index (χ0v) is 16.2. The van der Waals surface area contributed by atoms with Gasteiger partial charge in [0.1, 0.15) is 5.70 Å². The van der Waals surface area contributed by atoms with Crippen molar-refractivity contribution in [1.29, 1.82) is 0 Å². The minimum absolute atomic E-state index is 0.0839. The molecule has 3 fully saturated rings. The molecule has 0 spiro atoms. The second-order valence-corrected chi connectivity index (χ2v) is 9.37. The van der Waals surface area contributed by atoms with Crippen LogP contribution < -0.4 is 10.6 Å². The number of nitrogens with zero attached hydrogens (tertiary/aromatic N) is 1. The number of β-lactam (4-membered cyclic amide) rings is 1. The molecule has 7 atom stereocenters. The van der Waals surface area contributed by atoms with Crippen molar-refractivity contribution in [3.8, 4) is 0 Å². The van der Waals surface area contributed by atoms with Crippen LogP contribution in [0.3, 0.4) is 0 Å².